The van der Waals surface area contributed by atoms with Crippen LogP contribution in [0.1, 0.15) is 10.5 Å². The van der Waals surface area contributed by atoms with Crippen LogP contribution in [0.5, 0.6) is 0 Å². The highest BCUT2D eigenvalue weighted by Crippen LogP contribution is 2.10. The van der Waals surface area contributed by atoms with E-state index in [4.69, 9.17) is 0 Å². The van der Waals surface area contributed by atoms with Gasteiger partial charge >= 0.3 is 0 Å². The summed E-state index contributed by atoms with van der Waals surface area (Å²) in [5.74, 6) is -1.92. The molecule has 0 aliphatic carbocycles. The Labute approximate surface area is 103 Å². The average Bonchev–Trinajstić information content (AvgIpc) is 2.74. The maximum Gasteiger partial charge on any atom is 0.298 e. The van der Waals surface area contributed by atoms with Crippen molar-refractivity contribution < 1.29 is 14.0 Å². The van der Waals surface area contributed by atoms with E-state index in [-0.39, 0.29) is 11.4 Å². The largest absolute Gasteiger partial charge is 0.348 e. The fourth-order valence-electron chi connectivity index (χ4n) is 1.57. The highest BCUT2D eigenvalue weighted by atomic mass is 19.1. The first-order valence-corrected chi connectivity index (χ1v) is 5.30. The molecule has 0 bridgehead atoms. The van der Waals surface area contributed by atoms with Crippen molar-refractivity contribution in [3.05, 3.63) is 54.1 Å². The topological polar surface area (TPSA) is 51.1 Å². The van der Waals surface area contributed by atoms with E-state index in [2.05, 4.69) is 5.32 Å². The predicted octanol–water partition coefficient (Wildman–Crippen LogP) is 1.99. The van der Waals surface area contributed by atoms with Gasteiger partial charge in [-0.1, -0.05) is 6.07 Å². The number of hydrogen-bond donors (Lipinski definition) is 1. The lowest BCUT2D eigenvalue weighted by Gasteiger charge is -2.05. The van der Waals surface area contributed by atoms with E-state index in [1.165, 1.54) is 18.2 Å². The van der Waals surface area contributed by atoms with Gasteiger partial charge in [-0.25, -0.2) is 4.39 Å². The quantitative estimate of drug-likeness (QED) is 0.665. The van der Waals surface area contributed by atoms with Crippen molar-refractivity contribution in [1.82, 2.24) is 4.57 Å². The molecule has 0 fully saturated rings. The summed E-state index contributed by atoms with van der Waals surface area (Å²) >= 11 is 0. The molecule has 5 heteroatoms. The molecular formula is C13H11FN2O2. The van der Waals surface area contributed by atoms with Crippen LogP contribution in [0.2, 0.25) is 0 Å². The van der Waals surface area contributed by atoms with E-state index in [0.29, 0.717) is 0 Å². The molecule has 0 aliphatic heterocycles. The van der Waals surface area contributed by atoms with E-state index >= 15 is 0 Å². The highest BCUT2D eigenvalue weighted by Gasteiger charge is 2.18. The summed E-state index contributed by atoms with van der Waals surface area (Å²) < 4.78 is 14.5. The van der Waals surface area contributed by atoms with Crippen LogP contribution in [-0.4, -0.2) is 16.3 Å². The Balaban J connectivity index is 2.14. The Bertz CT molecular complexity index is 605. The van der Waals surface area contributed by atoms with E-state index in [9.17, 15) is 14.0 Å². The fraction of sp³-hybridized carbons (Fsp3) is 0.0769. The Hall–Kier alpha value is -2.43. The Morgan fingerprint density at radius 1 is 1.22 bits per heavy atom. The lowest BCUT2D eigenvalue weighted by Crippen LogP contribution is -2.24. The van der Waals surface area contributed by atoms with Gasteiger partial charge in [0.1, 0.15) is 5.82 Å². The maximum atomic E-state index is 12.9. The second kappa shape index (κ2) is 4.83. The third kappa shape index (κ3) is 2.45. The van der Waals surface area contributed by atoms with Crippen molar-refractivity contribution in [2.24, 2.45) is 7.05 Å². The summed E-state index contributed by atoms with van der Waals surface area (Å²) in [6.07, 6.45) is 1.67. The first-order valence-electron chi connectivity index (χ1n) is 5.30. The van der Waals surface area contributed by atoms with Gasteiger partial charge in [0.15, 0.2) is 0 Å². The monoisotopic (exact) mass is 246 g/mol. The number of aromatic nitrogens is 1. The molecule has 0 saturated heterocycles. The molecule has 0 radical (unpaired) electrons. The summed E-state index contributed by atoms with van der Waals surface area (Å²) in [7, 11) is 1.67. The van der Waals surface area contributed by atoms with Gasteiger partial charge in [-0.3, -0.25) is 9.59 Å². The molecule has 1 aromatic heterocycles. The van der Waals surface area contributed by atoms with Crippen molar-refractivity contribution in [2.75, 3.05) is 5.32 Å². The normalized spacial score (nSPS) is 10.1. The molecule has 0 aliphatic rings. The van der Waals surface area contributed by atoms with Crippen molar-refractivity contribution >= 4 is 17.4 Å². The third-order valence-electron chi connectivity index (χ3n) is 2.47. The van der Waals surface area contributed by atoms with Gasteiger partial charge in [0.25, 0.3) is 11.7 Å². The number of carbonyl (C=O) groups excluding carboxylic acids is 2. The minimum atomic E-state index is -0.789. The van der Waals surface area contributed by atoms with Crippen LogP contribution >= 0.6 is 0 Å². The van der Waals surface area contributed by atoms with Crippen molar-refractivity contribution in [1.29, 1.82) is 0 Å². The molecule has 2 rings (SSSR count). The van der Waals surface area contributed by atoms with Crippen molar-refractivity contribution in [3.63, 3.8) is 0 Å². The zero-order chi connectivity index (χ0) is 13.1. The summed E-state index contributed by atoms with van der Waals surface area (Å²) in [4.78, 5) is 23.5. The van der Waals surface area contributed by atoms with Crippen LogP contribution in [0.4, 0.5) is 10.1 Å². The van der Waals surface area contributed by atoms with E-state index in [1.807, 2.05) is 0 Å². The van der Waals surface area contributed by atoms with Crippen LogP contribution in [0.25, 0.3) is 0 Å². The summed E-state index contributed by atoms with van der Waals surface area (Å²) in [5.41, 5.74) is 0.534. The third-order valence-corrected chi connectivity index (χ3v) is 2.47. The van der Waals surface area contributed by atoms with Gasteiger partial charge in [0, 0.05) is 18.9 Å². The zero-order valence-electron chi connectivity index (χ0n) is 9.68. The lowest BCUT2D eigenvalue weighted by molar-refractivity contribution is -0.112. The number of aryl methyl sites for hydroxylation is 1. The van der Waals surface area contributed by atoms with E-state index < -0.39 is 17.5 Å². The summed E-state index contributed by atoms with van der Waals surface area (Å²) in [6, 6.07) is 8.60. The van der Waals surface area contributed by atoms with Crippen molar-refractivity contribution in [2.45, 2.75) is 0 Å². The fourth-order valence-corrected chi connectivity index (χ4v) is 1.57. The molecule has 1 amide bonds. The number of nitrogens with zero attached hydrogens (tertiary/aromatic N) is 1. The minimum absolute atomic E-state index is 0.252. The number of anilines is 1. The molecule has 1 aromatic carbocycles. The van der Waals surface area contributed by atoms with Crippen LogP contribution in [-0.2, 0) is 11.8 Å². The van der Waals surface area contributed by atoms with Crippen LogP contribution in [0, 0.1) is 5.82 Å². The number of nitrogens with one attached hydrogen (secondary N) is 1. The standard InChI is InChI=1S/C13H11FN2O2/c1-16-7-3-6-11(16)12(17)13(18)15-10-5-2-4-9(14)8-10/h2-8H,1H3,(H,15,18). The molecule has 0 saturated carbocycles. The second-order valence-electron chi connectivity index (χ2n) is 3.80. The van der Waals surface area contributed by atoms with Gasteiger partial charge in [-0.05, 0) is 30.3 Å². The Kier molecular flexibility index (Phi) is 3.23. The van der Waals surface area contributed by atoms with Gasteiger partial charge in [-0.15, -0.1) is 0 Å². The maximum absolute atomic E-state index is 12.9. The SMILES string of the molecule is Cn1cccc1C(=O)C(=O)Nc1cccc(F)c1. The molecule has 18 heavy (non-hydrogen) atoms. The summed E-state index contributed by atoms with van der Waals surface area (Å²) in [6.45, 7) is 0. The van der Waals surface area contributed by atoms with Crippen LogP contribution < -0.4 is 5.32 Å². The predicted molar refractivity (Wildman–Crippen MR) is 64.8 cm³/mol. The molecule has 0 spiro atoms. The molecule has 0 atom stereocenters. The number of amides is 1. The molecule has 2 aromatic rings. The number of halogens is 1. The van der Waals surface area contributed by atoms with Crippen molar-refractivity contribution in [3.8, 4) is 0 Å². The Morgan fingerprint density at radius 3 is 2.61 bits per heavy atom. The van der Waals surface area contributed by atoms with Crippen LogP contribution in [0.3, 0.4) is 0 Å². The molecule has 92 valence electrons. The van der Waals surface area contributed by atoms with Gasteiger partial charge in [0.2, 0.25) is 0 Å². The number of Topliss-reactive ketones (excluding diaryl/α,β-unsaturated/α-hetero) is 1. The highest BCUT2D eigenvalue weighted by molar-refractivity contribution is 6.46. The number of carbonyl (C=O) groups is 2. The Morgan fingerprint density at radius 2 is 2.00 bits per heavy atom. The van der Waals surface area contributed by atoms with Gasteiger partial charge in [0.05, 0.1) is 5.69 Å². The average molecular weight is 246 g/mol. The van der Waals surface area contributed by atoms with E-state index in [0.717, 1.165) is 6.07 Å². The molecular weight excluding hydrogens is 235 g/mol. The molecule has 0 unspecified atom stereocenters. The first-order chi connectivity index (χ1) is 8.58. The van der Waals surface area contributed by atoms with Crippen LogP contribution in [0.15, 0.2) is 42.6 Å². The molecule has 1 N–H and O–H groups in total. The van der Waals surface area contributed by atoms with Gasteiger partial charge in [-0.2, -0.15) is 0 Å². The zero-order valence-corrected chi connectivity index (χ0v) is 9.68. The first kappa shape index (κ1) is 12.0. The number of rotatable bonds is 3. The summed E-state index contributed by atoms with van der Waals surface area (Å²) in [5, 5.41) is 2.36. The lowest BCUT2D eigenvalue weighted by atomic mass is 10.2. The minimum Gasteiger partial charge on any atom is -0.348 e. The molecule has 4 nitrogen and oxygen atoms in total. The molecule has 1 heterocycles. The van der Waals surface area contributed by atoms with E-state index in [1.54, 1.807) is 29.9 Å². The second-order valence-corrected chi connectivity index (χ2v) is 3.80. The number of benzene rings is 1. The van der Waals surface area contributed by atoms with Gasteiger partial charge < -0.3 is 9.88 Å². The number of hydrogen-bond acceptors (Lipinski definition) is 2. The number of ketones is 1. The smallest absolute Gasteiger partial charge is 0.298 e.